The van der Waals surface area contributed by atoms with Gasteiger partial charge in [-0.05, 0) is 43.5 Å². The number of aromatic nitrogens is 3. The first-order valence-corrected chi connectivity index (χ1v) is 11.3. The van der Waals surface area contributed by atoms with Crippen LogP contribution in [0.25, 0.3) is 16.2 Å². The van der Waals surface area contributed by atoms with Crippen LogP contribution in [0.4, 0.5) is 9.52 Å². The molecule has 30 heavy (non-hydrogen) atoms. The van der Waals surface area contributed by atoms with Crippen molar-refractivity contribution in [3.63, 3.8) is 0 Å². The Bertz CT molecular complexity index is 994. The van der Waals surface area contributed by atoms with E-state index in [-0.39, 0.29) is 11.7 Å². The summed E-state index contributed by atoms with van der Waals surface area (Å²) in [5, 5.41) is 5.68. The molecule has 0 N–H and O–H groups in total. The molecule has 0 saturated carbocycles. The molecular weight excluding hydrogens is 403 g/mol. The molecule has 0 radical (unpaired) electrons. The molecule has 2 aromatic heterocycles. The zero-order chi connectivity index (χ0) is 20.5. The van der Waals surface area contributed by atoms with Gasteiger partial charge in [-0.25, -0.2) is 13.9 Å². The van der Waals surface area contributed by atoms with E-state index < -0.39 is 0 Å². The molecule has 2 saturated heterocycles. The van der Waals surface area contributed by atoms with E-state index in [1.807, 2.05) is 11.1 Å². The van der Waals surface area contributed by atoms with E-state index in [0.717, 1.165) is 79.9 Å². The first kappa shape index (κ1) is 19.4. The number of hydrogen-bond donors (Lipinski definition) is 0. The second-order valence-electron chi connectivity index (χ2n) is 7.95. The molecule has 4 heterocycles. The average molecular weight is 429 g/mol. The van der Waals surface area contributed by atoms with Crippen LogP contribution in [0, 0.1) is 5.82 Å². The first-order chi connectivity index (χ1) is 14.7. The molecule has 9 heteroatoms. The summed E-state index contributed by atoms with van der Waals surface area (Å²) >= 11 is 1.57. The topological polar surface area (TPSA) is 57.0 Å². The van der Waals surface area contributed by atoms with Crippen LogP contribution in [-0.2, 0) is 4.79 Å². The molecule has 2 fully saturated rings. The Morgan fingerprint density at radius 1 is 1.00 bits per heavy atom. The van der Waals surface area contributed by atoms with Crippen molar-refractivity contribution in [2.75, 3.05) is 50.7 Å². The number of carbonyl (C=O) groups is 1. The largest absolute Gasteiger partial charge is 0.345 e. The first-order valence-electron chi connectivity index (χ1n) is 10.5. The van der Waals surface area contributed by atoms with Gasteiger partial charge in [0.2, 0.25) is 16.0 Å². The number of amides is 1. The van der Waals surface area contributed by atoms with Gasteiger partial charge < -0.3 is 9.80 Å². The van der Waals surface area contributed by atoms with Gasteiger partial charge in [0.25, 0.3) is 0 Å². The Balaban J connectivity index is 1.23. The number of likely N-dealkylation sites (tertiary alicyclic amines) is 1. The third-order valence-electron chi connectivity index (χ3n) is 5.85. The zero-order valence-electron chi connectivity index (χ0n) is 16.8. The molecule has 0 aliphatic carbocycles. The number of anilines is 1. The molecule has 7 nitrogen and oxygen atoms in total. The minimum absolute atomic E-state index is 0.252. The van der Waals surface area contributed by atoms with Crippen LogP contribution < -0.4 is 4.90 Å². The maximum atomic E-state index is 13.1. The van der Waals surface area contributed by atoms with Crippen LogP contribution >= 0.6 is 11.3 Å². The van der Waals surface area contributed by atoms with Gasteiger partial charge in [-0.3, -0.25) is 9.69 Å². The van der Waals surface area contributed by atoms with Crippen molar-refractivity contribution >= 4 is 27.3 Å². The van der Waals surface area contributed by atoms with E-state index in [1.165, 1.54) is 12.1 Å². The summed E-state index contributed by atoms with van der Waals surface area (Å²) < 4.78 is 15.0. The fourth-order valence-electron chi connectivity index (χ4n) is 4.16. The lowest BCUT2D eigenvalue weighted by Gasteiger charge is -2.23. The van der Waals surface area contributed by atoms with Gasteiger partial charge in [-0.15, -0.1) is 5.10 Å². The highest BCUT2D eigenvalue weighted by atomic mass is 32.1. The molecule has 5 rings (SSSR count). The minimum Gasteiger partial charge on any atom is -0.345 e. The van der Waals surface area contributed by atoms with Gasteiger partial charge in [-0.2, -0.15) is 0 Å². The molecule has 1 aromatic carbocycles. The van der Waals surface area contributed by atoms with Crippen LogP contribution in [-0.4, -0.2) is 76.1 Å². The van der Waals surface area contributed by atoms with E-state index in [9.17, 15) is 9.18 Å². The number of fused-ring (bicyclic) bond motifs is 1. The van der Waals surface area contributed by atoms with Gasteiger partial charge >= 0.3 is 0 Å². The standard InChI is InChI=1S/C21H25FN6OS/c22-17-6-4-16(5-7-17)18-14-28-20(23-18)30-21(24-28)27-11-3-8-25(12-13-27)15-19(29)26-9-1-2-10-26/h4-7,14H,1-3,8-13,15H2. The SMILES string of the molecule is O=C(CN1CCCN(c2nn3cc(-c4ccc(F)cc4)nc3s2)CC1)N1CCCC1. The summed E-state index contributed by atoms with van der Waals surface area (Å²) in [5.41, 5.74) is 1.67. The van der Waals surface area contributed by atoms with Crippen LogP contribution in [0.1, 0.15) is 19.3 Å². The molecule has 0 atom stereocenters. The van der Waals surface area contributed by atoms with E-state index in [0.29, 0.717) is 6.54 Å². The zero-order valence-corrected chi connectivity index (χ0v) is 17.7. The number of nitrogens with zero attached hydrogens (tertiary/aromatic N) is 6. The predicted molar refractivity (Wildman–Crippen MR) is 115 cm³/mol. The molecule has 158 valence electrons. The summed E-state index contributed by atoms with van der Waals surface area (Å²) in [6.45, 7) is 5.94. The van der Waals surface area contributed by atoms with Crippen LogP contribution in [0.2, 0.25) is 0 Å². The number of halogens is 1. The van der Waals surface area contributed by atoms with Gasteiger partial charge in [0.15, 0.2) is 0 Å². The molecule has 0 spiro atoms. The molecule has 2 aliphatic heterocycles. The number of hydrogen-bond acceptors (Lipinski definition) is 6. The molecule has 0 bridgehead atoms. The predicted octanol–water partition coefficient (Wildman–Crippen LogP) is 2.73. The maximum absolute atomic E-state index is 13.1. The fourth-order valence-corrected chi connectivity index (χ4v) is 5.09. The molecule has 2 aliphatic rings. The molecular formula is C21H25FN6OS. The lowest BCUT2D eigenvalue weighted by molar-refractivity contribution is -0.131. The minimum atomic E-state index is -0.252. The molecule has 0 unspecified atom stereocenters. The maximum Gasteiger partial charge on any atom is 0.236 e. The van der Waals surface area contributed by atoms with Crippen LogP contribution in [0.5, 0.6) is 0 Å². The van der Waals surface area contributed by atoms with E-state index in [2.05, 4.69) is 14.8 Å². The van der Waals surface area contributed by atoms with Crippen molar-refractivity contribution < 1.29 is 9.18 Å². The van der Waals surface area contributed by atoms with Crippen molar-refractivity contribution in [2.45, 2.75) is 19.3 Å². The summed E-state index contributed by atoms with van der Waals surface area (Å²) in [6.07, 6.45) is 5.17. The van der Waals surface area contributed by atoms with E-state index in [4.69, 9.17) is 5.10 Å². The Hall–Kier alpha value is -2.52. The summed E-state index contributed by atoms with van der Waals surface area (Å²) in [5.74, 6) is 0.0134. The van der Waals surface area contributed by atoms with Gasteiger partial charge in [0, 0.05) is 44.8 Å². The monoisotopic (exact) mass is 428 g/mol. The second kappa shape index (κ2) is 8.31. The molecule has 3 aromatic rings. The summed E-state index contributed by atoms with van der Waals surface area (Å²) in [4.78, 5) is 24.5. The third kappa shape index (κ3) is 4.04. The highest BCUT2D eigenvalue weighted by molar-refractivity contribution is 7.20. The van der Waals surface area contributed by atoms with Crippen molar-refractivity contribution in [3.05, 3.63) is 36.3 Å². The lowest BCUT2D eigenvalue weighted by atomic mass is 10.2. The third-order valence-corrected chi connectivity index (χ3v) is 6.83. The van der Waals surface area contributed by atoms with E-state index in [1.54, 1.807) is 28.0 Å². The number of imidazole rings is 1. The quantitative estimate of drug-likeness (QED) is 0.640. The van der Waals surface area contributed by atoms with Crippen molar-refractivity contribution in [1.82, 2.24) is 24.4 Å². The molecule has 1 amide bonds. The Labute approximate surface area is 178 Å². The number of carbonyl (C=O) groups excluding carboxylic acids is 1. The fraction of sp³-hybridized carbons (Fsp3) is 0.476. The van der Waals surface area contributed by atoms with Crippen molar-refractivity contribution in [1.29, 1.82) is 0 Å². The summed E-state index contributed by atoms with van der Waals surface area (Å²) in [6, 6.07) is 6.35. The Morgan fingerprint density at radius 2 is 1.80 bits per heavy atom. The second-order valence-corrected chi connectivity index (χ2v) is 8.88. The van der Waals surface area contributed by atoms with Crippen molar-refractivity contribution in [2.24, 2.45) is 0 Å². The van der Waals surface area contributed by atoms with Gasteiger partial charge in [0.1, 0.15) is 5.82 Å². The van der Waals surface area contributed by atoms with Crippen molar-refractivity contribution in [3.8, 4) is 11.3 Å². The highest BCUT2D eigenvalue weighted by Gasteiger charge is 2.23. The highest BCUT2D eigenvalue weighted by Crippen LogP contribution is 2.27. The van der Waals surface area contributed by atoms with Gasteiger partial charge in [-0.1, -0.05) is 11.3 Å². The lowest BCUT2D eigenvalue weighted by Crippen LogP contribution is -2.40. The number of rotatable bonds is 4. The normalized spacial score (nSPS) is 18.3. The van der Waals surface area contributed by atoms with Crippen LogP contribution in [0.3, 0.4) is 0 Å². The average Bonchev–Trinajstić information content (AvgIpc) is 3.44. The number of benzene rings is 1. The van der Waals surface area contributed by atoms with Gasteiger partial charge in [0.05, 0.1) is 18.4 Å². The smallest absolute Gasteiger partial charge is 0.236 e. The van der Waals surface area contributed by atoms with Crippen LogP contribution in [0.15, 0.2) is 30.5 Å². The summed E-state index contributed by atoms with van der Waals surface area (Å²) in [7, 11) is 0. The Kier molecular flexibility index (Phi) is 5.39. The van der Waals surface area contributed by atoms with E-state index >= 15 is 0 Å². The Morgan fingerprint density at radius 3 is 2.57 bits per heavy atom.